The molecule has 0 aliphatic carbocycles. The molecule has 0 heterocycles. The van der Waals surface area contributed by atoms with E-state index in [0.29, 0.717) is 0 Å². The zero-order valence-electron chi connectivity index (χ0n) is 14.0. The van der Waals surface area contributed by atoms with Crippen molar-refractivity contribution in [1.82, 2.24) is 5.32 Å². The highest BCUT2D eigenvalue weighted by Crippen LogP contribution is 2.29. The average molecular weight is 358 g/mol. The molecule has 0 aromatic heterocycles. The van der Waals surface area contributed by atoms with Crippen molar-refractivity contribution in [1.29, 1.82) is 0 Å². The van der Waals surface area contributed by atoms with Gasteiger partial charge in [-0.25, -0.2) is 0 Å². The molecule has 1 aromatic carbocycles. The van der Waals surface area contributed by atoms with Crippen LogP contribution in [0.5, 0.6) is 5.75 Å². The molecule has 120 valence electrons. The topological polar surface area (TPSA) is 30.5 Å². The van der Waals surface area contributed by atoms with Gasteiger partial charge in [-0.2, -0.15) is 0 Å². The standard InChI is InChI=1S/C17H28BrNO2/c1-7-19-14(16(21-6)17(2,3)4)11-12-10-13(18)8-9-15(12)20-5/h8-10,14,16,19H,7,11H2,1-6H3. The largest absolute Gasteiger partial charge is 0.496 e. The van der Waals surface area contributed by atoms with Gasteiger partial charge >= 0.3 is 0 Å². The van der Waals surface area contributed by atoms with Gasteiger partial charge in [-0.1, -0.05) is 43.6 Å². The Kier molecular flexibility index (Phi) is 7.17. The molecule has 0 fully saturated rings. The number of halogens is 1. The third kappa shape index (κ3) is 5.28. The van der Waals surface area contributed by atoms with Crippen LogP contribution < -0.4 is 10.1 Å². The Labute approximate surface area is 137 Å². The summed E-state index contributed by atoms with van der Waals surface area (Å²) < 4.78 is 12.3. The van der Waals surface area contributed by atoms with Crippen LogP contribution >= 0.6 is 15.9 Å². The van der Waals surface area contributed by atoms with Crippen LogP contribution in [-0.2, 0) is 11.2 Å². The van der Waals surface area contributed by atoms with Crippen molar-refractivity contribution in [2.45, 2.75) is 46.3 Å². The molecule has 2 unspecified atom stereocenters. The molecular weight excluding hydrogens is 330 g/mol. The number of hydrogen-bond acceptors (Lipinski definition) is 3. The lowest BCUT2D eigenvalue weighted by Gasteiger charge is -2.36. The van der Waals surface area contributed by atoms with Crippen molar-refractivity contribution in [2.24, 2.45) is 5.41 Å². The van der Waals surface area contributed by atoms with Gasteiger partial charge in [0.2, 0.25) is 0 Å². The van der Waals surface area contributed by atoms with Crippen LogP contribution in [0.3, 0.4) is 0 Å². The summed E-state index contributed by atoms with van der Waals surface area (Å²) in [6, 6.07) is 6.37. The maximum absolute atomic E-state index is 5.79. The minimum atomic E-state index is 0.0703. The van der Waals surface area contributed by atoms with Crippen LogP contribution in [0.25, 0.3) is 0 Å². The van der Waals surface area contributed by atoms with E-state index in [2.05, 4.69) is 55.0 Å². The van der Waals surface area contributed by atoms with Crippen LogP contribution in [0, 0.1) is 5.41 Å². The van der Waals surface area contributed by atoms with Crippen molar-refractivity contribution in [3.05, 3.63) is 28.2 Å². The zero-order chi connectivity index (χ0) is 16.0. The van der Waals surface area contributed by atoms with Crippen LogP contribution in [0.4, 0.5) is 0 Å². The monoisotopic (exact) mass is 357 g/mol. The number of nitrogens with one attached hydrogen (secondary N) is 1. The van der Waals surface area contributed by atoms with E-state index in [-0.39, 0.29) is 17.6 Å². The van der Waals surface area contributed by atoms with Crippen LogP contribution in [0.2, 0.25) is 0 Å². The summed E-state index contributed by atoms with van der Waals surface area (Å²) in [6.07, 6.45) is 0.993. The molecular formula is C17H28BrNO2. The summed E-state index contributed by atoms with van der Waals surface area (Å²) in [5.74, 6) is 0.921. The molecule has 0 aliphatic heterocycles. The van der Waals surface area contributed by atoms with Crippen molar-refractivity contribution < 1.29 is 9.47 Å². The minimum absolute atomic E-state index is 0.0703. The Bertz CT molecular complexity index is 443. The van der Waals surface area contributed by atoms with Crippen LogP contribution in [-0.4, -0.2) is 32.9 Å². The lowest BCUT2D eigenvalue weighted by molar-refractivity contribution is -0.0107. The summed E-state index contributed by atoms with van der Waals surface area (Å²) in [4.78, 5) is 0. The first-order valence-electron chi connectivity index (χ1n) is 7.42. The average Bonchev–Trinajstić information content (AvgIpc) is 2.38. The van der Waals surface area contributed by atoms with Gasteiger partial charge in [0.1, 0.15) is 5.75 Å². The fourth-order valence-corrected chi connectivity index (χ4v) is 3.22. The quantitative estimate of drug-likeness (QED) is 0.798. The molecule has 1 rings (SSSR count). The second-order valence-corrected chi connectivity index (χ2v) is 7.26. The van der Waals surface area contributed by atoms with Gasteiger partial charge in [0, 0.05) is 17.6 Å². The number of rotatable bonds is 7. The van der Waals surface area contributed by atoms with E-state index in [1.54, 1.807) is 14.2 Å². The van der Waals surface area contributed by atoms with E-state index < -0.39 is 0 Å². The third-order valence-electron chi connectivity index (χ3n) is 3.62. The van der Waals surface area contributed by atoms with Gasteiger partial charge in [-0.15, -0.1) is 0 Å². The number of hydrogen-bond donors (Lipinski definition) is 1. The normalized spacial score (nSPS) is 14.8. The molecule has 0 spiro atoms. The molecule has 4 heteroatoms. The summed E-state index contributed by atoms with van der Waals surface area (Å²) in [5, 5.41) is 3.56. The highest BCUT2D eigenvalue weighted by molar-refractivity contribution is 9.10. The second kappa shape index (κ2) is 8.16. The van der Waals surface area contributed by atoms with E-state index >= 15 is 0 Å². The first-order valence-corrected chi connectivity index (χ1v) is 8.21. The highest BCUT2D eigenvalue weighted by Gasteiger charge is 2.32. The van der Waals surface area contributed by atoms with E-state index in [9.17, 15) is 0 Å². The Morgan fingerprint density at radius 2 is 1.90 bits per heavy atom. The summed E-state index contributed by atoms with van der Waals surface area (Å²) in [5.41, 5.74) is 1.25. The van der Waals surface area contributed by atoms with E-state index in [1.807, 2.05) is 12.1 Å². The van der Waals surface area contributed by atoms with E-state index in [4.69, 9.17) is 9.47 Å². The second-order valence-electron chi connectivity index (χ2n) is 6.35. The van der Waals surface area contributed by atoms with Crippen LogP contribution in [0.1, 0.15) is 33.3 Å². The first-order chi connectivity index (χ1) is 9.83. The van der Waals surface area contributed by atoms with Crippen molar-refractivity contribution in [3.63, 3.8) is 0 Å². The van der Waals surface area contributed by atoms with E-state index in [1.165, 1.54) is 5.56 Å². The van der Waals surface area contributed by atoms with Crippen LogP contribution in [0.15, 0.2) is 22.7 Å². The van der Waals surface area contributed by atoms with Gasteiger partial charge in [0.25, 0.3) is 0 Å². The zero-order valence-corrected chi connectivity index (χ0v) is 15.6. The maximum atomic E-state index is 5.79. The van der Waals surface area contributed by atoms with Gasteiger partial charge in [-0.05, 0) is 42.1 Å². The molecule has 1 aromatic rings. The fraction of sp³-hybridized carbons (Fsp3) is 0.647. The van der Waals surface area contributed by atoms with Crippen molar-refractivity contribution in [2.75, 3.05) is 20.8 Å². The Morgan fingerprint density at radius 1 is 1.24 bits per heavy atom. The fourth-order valence-electron chi connectivity index (χ4n) is 2.81. The number of benzene rings is 1. The molecule has 0 saturated carbocycles. The Balaban J connectivity index is 3.05. The van der Waals surface area contributed by atoms with Crippen molar-refractivity contribution >= 4 is 15.9 Å². The lowest BCUT2D eigenvalue weighted by atomic mass is 9.82. The molecule has 21 heavy (non-hydrogen) atoms. The maximum Gasteiger partial charge on any atom is 0.122 e. The molecule has 0 radical (unpaired) electrons. The first kappa shape index (κ1) is 18.5. The summed E-state index contributed by atoms with van der Waals surface area (Å²) >= 11 is 3.54. The van der Waals surface area contributed by atoms with Gasteiger partial charge in [0.05, 0.1) is 13.2 Å². The predicted octanol–water partition coefficient (Wildman–Crippen LogP) is 4.04. The van der Waals surface area contributed by atoms with Gasteiger partial charge in [0.15, 0.2) is 0 Å². The SMILES string of the molecule is CCNC(Cc1cc(Br)ccc1OC)C(OC)C(C)(C)C. The number of likely N-dealkylation sites (N-methyl/N-ethyl adjacent to an activating group) is 1. The smallest absolute Gasteiger partial charge is 0.122 e. The molecule has 0 aliphatic rings. The minimum Gasteiger partial charge on any atom is -0.496 e. The van der Waals surface area contributed by atoms with Gasteiger partial charge in [-0.3, -0.25) is 0 Å². The highest BCUT2D eigenvalue weighted by atomic mass is 79.9. The number of methoxy groups -OCH3 is 2. The predicted molar refractivity (Wildman–Crippen MR) is 92.1 cm³/mol. The molecule has 0 bridgehead atoms. The number of ether oxygens (including phenoxy) is 2. The van der Waals surface area contributed by atoms with Gasteiger partial charge < -0.3 is 14.8 Å². The molecule has 0 amide bonds. The third-order valence-corrected chi connectivity index (χ3v) is 4.11. The Hall–Kier alpha value is -0.580. The van der Waals surface area contributed by atoms with E-state index in [0.717, 1.165) is 23.2 Å². The molecule has 3 nitrogen and oxygen atoms in total. The lowest BCUT2D eigenvalue weighted by Crippen LogP contribution is -2.49. The molecule has 1 N–H and O–H groups in total. The Morgan fingerprint density at radius 3 is 2.38 bits per heavy atom. The summed E-state index contributed by atoms with van der Waals surface area (Å²) in [7, 11) is 3.50. The molecule has 2 atom stereocenters. The molecule has 0 saturated heterocycles. The van der Waals surface area contributed by atoms with Crippen molar-refractivity contribution in [3.8, 4) is 5.75 Å². The summed E-state index contributed by atoms with van der Waals surface area (Å²) in [6.45, 7) is 9.67.